The molecule has 0 spiro atoms. The predicted octanol–water partition coefficient (Wildman–Crippen LogP) is 5.89. The molecule has 1 fully saturated rings. The molecule has 0 saturated carbocycles. The molecule has 5 nitrogen and oxygen atoms in total. The molecule has 1 aliphatic carbocycles. The molecule has 0 N–H and O–H groups in total. The van der Waals surface area contributed by atoms with Crippen LogP contribution in [0.1, 0.15) is 51.1 Å². The number of aldehydes is 1. The first-order valence-corrected chi connectivity index (χ1v) is 12.7. The van der Waals surface area contributed by atoms with Crippen LogP contribution < -0.4 is 0 Å². The second-order valence-electron chi connectivity index (χ2n) is 9.72. The number of halogens is 2. The third-order valence-corrected chi connectivity index (χ3v) is 7.54. The molecular formula is C29H26ClFN4O. The van der Waals surface area contributed by atoms with Gasteiger partial charge < -0.3 is 4.40 Å². The van der Waals surface area contributed by atoms with E-state index in [1.165, 1.54) is 11.1 Å². The number of hydrogen-bond donors (Lipinski definition) is 0. The molecule has 4 aromatic rings. The molecule has 0 radical (unpaired) electrons. The Morgan fingerprint density at radius 3 is 2.81 bits per heavy atom. The number of benzene rings is 1. The Morgan fingerprint density at radius 1 is 1.11 bits per heavy atom. The van der Waals surface area contributed by atoms with Gasteiger partial charge in [-0.2, -0.15) is 0 Å². The van der Waals surface area contributed by atoms with Gasteiger partial charge in [-0.15, -0.1) is 0 Å². The van der Waals surface area contributed by atoms with Gasteiger partial charge >= 0.3 is 0 Å². The van der Waals surface area contributed by atoms with E-state index < -0.39 is 0 Å². The Labute approximate surface area is 214 Å². The molecular weight excluding hydrogens is 475 g/mol. The lowest BCUT2D eigenvalue weighted by atomic mass is 9.88. The number of nitrogens with zero attached hydrogens (tertiary/aromatic N) is 4. The summed E-state index contributed by atoms with van der Waals surface area (Å²) in [5.41, 5.74) is 9.16. The summed E-state index contributed by atoms with van der Waals surface area (Å²) in [5, 5.41) is 0.628. The lowest BCUT2D eigenvalue weighted by molar-refractivity contribution is 0.0727. The third kappa shape index (κ3) is 4.25. The maximum Gasteiger partial charge on any atom is 0.150 e. The van der Waals surface area contributed by atoms with Crippen LogP contribution in [0.15, 0.2) is 61.2 Å². The molecule has 0 amide bonds. The predicted molar refractivity (Wildman–Crippen MR) is 140 cm³/mol. The zero-order chi connectivity index (χ0) is 24.6. The van der Waals surface area contributed by atoms with Crippen molar-refractivity contribution < 1.29 is 9.18 Å². The Hall–Kier alpha value is -3.35. The molecule has 182 valence electrons. The number of pyridine rings is 2. The molecule has 1 aromatic carbocycles. The molecule has 4 heterocycles. The van der Waals surface area contributed by atoms with Gasteiger partial charge in [0.1, 0.15) is 11.9 Å². The Balaban J connectivity index is 1.47. The van der Waals surface area contributed by atoms with E-state index in [4.69, 9.17) is 16.6 Å². The molecule has 1 saturated heterocycles. The van der Waals surface area contributed by atoms with Gasteiger partial charge in [0.15, 0.2) is 0 Å². The minimum atomic E-state index is -0.250. The molecule has 6 rings (SSSR count). The summed E-state index contributed by atoms with van der Waals surface area (Å²) in [6, 6.07) is 12.2. The van der Waals surface area contributed by atoms with Crippen molar-refractivity contribution in [1.29, 1.82) is 0 Å². The summed E-state index contributed by atoms with van der Waals surface area (Å²) in [7, 11) is 0. The largest absolute Gasteiger partial charge is 0.307 e. The van der Waals surface area contributed by atoms with Gasteiger partial charge in [0.25, 0.3) is 0 Å². The quantitative estimate of drug-likeness (QED) is 0.310. The Bertz CT molecular complexity index is 1490. The van der Waals surface area contributed by atoms with Crippen molar-refractivity contribution in [3.05, 3.63) is 99.7 Å². The van der Waals surface area contributed by atoms with Crippen LogP contribution in [-0.2, 0) is 13.0 Å². The van der Waals surface area contributed by atoms with E-state index in [0.29, 0.717) is 10.6 Å². The molecule has 0 unspecified atom stereocenters. The monoisotopic (exact) mass is 500 g/mol. The average Bonchev–Trinajstić information content (AvgIpc) is 3.18. The second-order valence-corrected chi connectivity index (χ2v) is 10.1. The summed E-state index contributed by atoms with van der Waals surface area (Å²) in [4.78, 5) is 22.8. The molecule has 2 aliphatic rings. The number of allylic oxidation sites excluding steroid dienone is 1. The van der Waals surface area contributed by atoms with Gasteiger partial charge in [0.05, 0.1) is 17.4 Å². The first-order chi connectivity index (χ1) is 17.6. The average molecular weight is 501 g/mol. The standard InChI is InChI=1S/C29H26ClFN4O/c30-27-13-32-8-6-25(27)26-3-1-2-21-10-19(18-36)4-5-24(21)29(26)22-7-9-35-17-23(33-28(35)11-22)16-34-14-20(12-31)15-34/h4-11,13,17-18,20H,1-3,12,14-16H2. The lowest BCUT2D eigenvalue weighted by Crippen LogP contribution is -2.46. The summed E-state index contributed by atoms with van der Waals surface area (Å²) in [5.74, 6) is 0.161. The first kappa shape index (κ1) is 23.1. The summed E-state index contributed by atoms with van der Waals surface area (Å²) in [6.45, 7) is 2.06. The van der Waals surface area contributed by atoms with Crippen LogP contribution in [0.3, 0.4) is 0 Å². The number of aryl methyl sites for hydroxylation is 1. The highest BCUT2D eigenvalue weighted by molar-refractivity contribution is 6.32. The molecule has 0 bridgehead atoms. The Morgan fingerprint density at radius 2 is 2.00 bits per heavy atom. The maximum atomic E-state index is 12.8. The molecule has 7 heteroatoms. The highest BCUT2D eigenvalue weighted by Crippen LogP contribution is 2.41. The third-order valence-electron chi connectivity index (χ3n) is 7.24. The minimum absolute atomic E-state index is 0.161. The van der Waals surface area contributed by atoms with E-state index in [-0.39, 0.29) is 12.6 Å². The van der Waals surface area contributed by atoms with E-state index in [1.54, 1.807) is 12.4 Å². The smallest absolute Gasteiger partial charge is 0.150 e. The fourth-order valence-electron chi connectivity index (χ4n) is 5.50. The van der Waals surface area contributed by atoms with E-state index >= 15 is 0 Å². The molecule has 36 heavy (non-hydrogen) atoms. The zero-order valence-corrected chi connectivity index (χ0v) is 20.6. The van der Waals surface area contributed by atoms with Crippen LogP contribution in [0.4, 0.5) is 4.39 Å². The van der Waals surface area contributed by atoms with Gasteiger partial charge in [-0.25, -0.2) is 4.98 Å². The zero-order valence-electron chi connectivity index (χ0n) is 19.8. The van der Waals surface area contributed by atoms with Crippen LogP contribution in [-0.4, -0.2) is 45.3 Å². The number of imidazole rings is 1. The van der Waals surface area contributed by atoms with E-state index in [1.807, 2.05) is 35.0 Å². The summed E-state index contributed by atoms with van der Waals surface area (Å²) in [6.07, 6.45) is 11.2. The number of alkyl halides is 1. The normalized spacial score (nSPS) is 16.6. The van der Waals surface area contributed by atoms with Crippen LogP contribution in [0.25, 0.3) is 16.8 Å². The topological polar surface area (TPSA) is 50.5 Å². The number of rotatable bonds is 6. The second kappa shape index (κ2) is 9.60. The number of carbonyl (C=O) groups is 1. The highest BCUT2D eigenvalue weighted by atomic mass is 35.5. The number of aromatic nitrogens is 3. The highest BCUT2D eigenvalue weighted by Gasteiger charge is 2.27. The first-order valence-electron chi connectivity index (χ1n) is 12.3. The molecule has 0 atom stereocenters. The molecule has 1 aliphatic heterocycles. The fourth-order valence-corrected chi connectivity index (χ4v) is 5.73. The number of carbonyl (C=O) groups excluding carboxylic acids is 1. The van der Waals surface area contributed by atoms with Crippen molar-refractivity contribution in [2.45, 2.75) is 25.8 Å². The lowest BCUT2D eigenvalue weighted by Gasteiger charge is -2.37. The van der Waals surface area contributed by atoms with Crippen LogP contribution >= 0.6 is 11.6 Å². The van der Waals surface area contributed by atoms with Crippen molar-refractivity contribution in [1.82, 2.24) is 19.3 Å². The van der Waals surface area contributed by atoms with Crippen molar-refractivity contribution >= 4 is 34.7 Å². The maximum absolute atomic E-state index is 12.8. The van der Waals surface area contributed by atoms with Gasteiger partial charge in [-0.05, 0) is 76.9 Å². The van der Waals surface area contributed by atoms with Crippen LogP contribution in [0, 0.1) is 5.92 Å². The van der Waals surface area contributed by atoms with E-state index in [2.05, 4.69) is 28.1 Å². The van der Waals surface area contributed by atoms with Crippen LogP contribution in [0.2, 0.25) is 5.02 Å². The summed E-state index contributed by atoms with van der Waals surface area (Å²) >= 11 is 6.64. The Kier molecular flexibility index (Phi) is 6.15. The number of likely N-dealkylation sites (tertiary alicyclic amines) is 1. The van der Waals surface area contributed by atoms with Gasteiger partial charge in [-0.3, -0.25) is 19.1 Å². The van der Waals surface area contributed by atoms with Crippen molar-refractivity contribution in [2.24, 2.45) is 5.92 Å². The minimum Gasteiger partial charge on any atom is -0.307 e. The van der Waals surface area contributed by atoms with Crippen molar-refractivity contribution in [2.75, 3.05) is 19.8 Å². The number of hydrogen-bond acceptors (Lipinski definition) is 4. The van der Waals surface area contributed by atoms with Crippen LogP contribution in [0.5, 0.6) is 0 Å². The fraction of sp³-hybridized carbons (Fsp3) is 0.276. The van der Waals surface area contributed by atoms with Gasteiger partial charge in [0, 0.05) is 55.9 Å². The van der Waals surface area contributed by atoms with Crippen molar-refractivity contribution in [3.8, 4) is 0 Å². The molecule has 3 aromatic heterocycles. The summed E-state index contributed by atoms with van der Waals surface area (Å²) < 4.78 is 14.9. The van der Waals surface area contributed by atoms with E-state index in [0.717, 1.165) is 78.8 Å². The van der Waals surface area contributed by atoms with Gasteiger partial charge in [0.2, 0.25) is 0 Å². The van der Waals surface area contributed by atoms with Gasteiger partial charge in [-0.1, -0.05) is 23.7 Å². The van der Waals surface area contributed by atoms with E-state index in [9.17, 15) is 9.18 Å². The SMILES string of the molecule is O=Cc1ccc2c(c1)CCCC(c1ccncc1Cl)=C2c1ccn2cc(CN3CC(CF)C3)nc2c1. The van der Waals surface area contributed by atoms with Crippen molar-refractivity contribution in [3.63, 3.8) is 0 Å². The number of fused-ring (bicyclic) bond motifs is 2.